The highest BCUT2D eigenvalue weighted by Crippen LogP contribution is 2.43. The second-order valence-corrected chi connectivity index (χ2v) is 6.93. The number of rotatable bonds is 6. The van der Waals surface area contributed by atoms with Gasteiger partial charge in [0.2, 0.25) is 5.91 Å². The summed E-state index contributed by atoms with van der Waals surface area (Å²) in [4.78, 5) is 12.2. The molecule has 0 aromatic carbocycles. The molecule has 0 heterocycles. The quantitative estimate of drug-likeness (QED) is 0.776. The van der Waals surface area contributed by atoms with Gasteiger partial charge in [0.05, 0.1) is 0 Å². The van der Waals surface area contributed by atoms with Gasteiger partial charge >= 0.3 is 0 Å². The zero-order valence-electron chi connectivity index (χ0n) is 12.5. The van der Waals surface area contributed by atoms with Crippen LogP contribution in [-0.4, -0.2) is 19.0 Å². The van der Waals surface area contributed by atoms with Crippen LogP contribution in [0.25, 0.3) is 0 Å². The summed E-state index contributed by atoms with van der Waals surface area (Å²) in [6.45, 7) is 3.79. The van der Waals surface area contributed by atoms with E-state index in [1.165, 1.54) is 44.9 Å². The lowest BCUT2D eigenvalue weighted by atomic mass is 9.67. The monoisotopic (exact) mass is 266 g/mol. The zero-order valence-corrected chi connectivity index (χ0v) is 12.5. The lowest BCUT2D eigenvalue weighted by Crippen LogP contribution is -2.44. The molecule has 2 aliphatic carbocycles. The molecule has 0 unspecified atom stereocenters. The molecule has 2 aliphatic rings. The number of hydrogen-bond acceptors (Lipinski definition) is 2. The second kappa shape index (κ2) is 6.25. The molecule has 3 heteroatoms. The fraction of sp³-hybridized carbons (Fsp3) is 0.938. The molecule has 0 spiro atoms. The smallest absolute Gasteiger partial charge is 0.220 e. The van der Waals surface area contributed by atoms with Crippen LogP contribution in [0, 0.1) is 10.8 Å². The fourth-order valence-corrected chi connectivity index (χ4v) is 3.78. The van der Waals surface area contributed by atoms with E-state index in [-0.39, 0.29) is 11.3 Å². The first kappa shape index (κ1) is 14.8. The summed E-state index contributed by atoms with van der Waals surface area (Å²) >= 11 is 0. The van der Waals surface area contributed by atoms with Gasteiger partial charge in [-0.2, -0.15) is 0 Å². The molecule has 0 saturated heterocycles. The van der Waals surface area contributed by atoms with Crippen molar-refractivity contribution in [2.45, 2.75) is 71.1 Å². The molecular formula is C16H30N2O. The Morgan fingerprint density at radius 2 is 1.68 bits per heavy atom. The predicted molar refractivity (Wildman–Crippen MR) is 78.8 cm³/mol. The highest BCUT2D eigenvalue weighted by Gasteiger charge is 2.37. The average Bonchev–Trinajstić information content (AvgIpc) is 2.39. The first-order chi connectivity index (χ1) is 9.14. The van der Waals surface area contributed by atoms with Crippen LogP contribution in [0.5, 0.6) is 0 Å². The van der Waals surface area contributed by atoms with Crippen molar-refractivity contribution in [3.05, 3.63) is 0 Å². The fourth-order valence-electron chi connectivity index (χ4n) is 3.78. The highest BCUT2D eigenvalue weighted by atomic mass is 16.1. The number of carbonyl (C=O) groups excluding carboxylic acids is 1. The molecular weight excluding hydrogens is 236 g/mol. The maximum Gasteiger partial charge on any atom is 0.220 e. The Labute approximate surface area is 117 Å². The number of carbonyl (C=O) groups is 1. The van der Waals surface area contributed by atoms with Crippen molar-refractivity contribution in [1.82, 2.24) is 5.32 Å². The number of hydrogen-bond donors (Lipinski definition) is 2. The minimum atomic E-state index is 0.0985. The van der Waals surface area contributed by atoms with Crippen LogP contribution in [0.4, 0.5) is 0 Å². The third-order valence-electron chi connectivity index (χ3n) is 5.71. The second-order valence-electron chi connectivity index (χ2n) is 6.93. The molecule has 2 fully saturated rings. The Morgan fingerprint density at radius 1 is 1.05 bits per heavy atom. The van der Waals surface area contributed by atoms with Crippen molar-refractivity contribution in [1.29, 1.82) is 0 Å². The van der Waals surface area contributed by atoms with Crippen LogP contribution >= 0.6 is 0 Å². The number of nitrogens with one attached hydrogen (secondary N) is 1. The van der Waals surface area contributed by atoms with Gasteiger partial charge in [-0.1, -0.05) is 32.6 Å². The van der Waals surface area contributed by atoms with E-state index in [0.717, 1.165) is 19.4 Å². The summed E-state index contributed by atoms with van der Waals surface area (Å²) in [6, 6.07) is 0. The van der Waals surface area contributed by atoms with Crippen molar-refractivity contribution in [3.63, 3.8) is 0 Å². The minimum absolute atomic E-state index is 0.0985. The third-order valence-corrected chi connectivity index (χ3v) is 5.71. The van der Waals surface area contributed by atoms with E-state index >= 15 is 0 Å². The van der Waals surface area contributed by atoms with Crippen molar-refractivity contribution in [2.75, 3.05) is 13.1 Å². The number of nitrogens with two attached hydrogens (primary N) is 1. The first-order valence-corrected chi connectivity index (χ1v) is 8.11. The molecule has 0 aromatic rings. The van der Waals surface area contributed by atoms with Gasteiger partial charge in [0, 0.05) is 13.0 Å². The van der Waals surface area contributed by atoms with Crippen LogP contribution in [-0.2, 0) is 4.79 Å². The maximum atomic E-state index is 12.2. The van der Waals surface area contributed by atoms with Crippen LogP contribution in [0.15, 0.2) is 0 Å². The summed E-state index contributed by atoms with van der Waals surface area (Å²) in [5.74, 6) is 0.229. The first-order valence-electron chi connectivity index (χ1n) is 8.11. The zero-order chi connectivity index (χ0) is 13.8. The van der Waals surface area contributed by atoms with Gasteiger partial charge in [-0.15, -0.1) is 0 Å². The number of amides is 1. The Hall–Kier alpha value is -0.570. The Morgan fingerprint density at radius 3 is 2.16 bits per heavy atom. The third kappa shape index (κ3) is 3.50. The molecule has 0 aromatic heterocycles. The van der Waals surface area contributed by atoms with E-state index < -0.39 is 0 Å². The van der Waals surface area contributed by atoms with E-state index in [2.05, 4.69) is 12.2 Å². The lowest BCUT2D eigenvalue weighted by Gasteiger charge is -2.42. The van der Waals surface area contributed by atoms with Gasteiger partial charge in [-0.3, -0.25) is 4.79 Å². The average molecular weight is 266 g/mol. The largest absolute Gasteiger partial charge is 0.356 e. The minimum Gasteiger partial charge on any atom is -0.356 e. The van der Waals surface area contributed by atoms with E-state index in [0.29, 0.717) is 18.4 Å². The van der Waals surface area contributed by atoms with E-state index in [1.807, 2.05) is 0 Å². The SMILES string of the molecule is CCC1(CNC(=O)CC2(CN)CCCCC2)CCC1. The highest BCUT2D eigenvalue weighted by molar-refractivity contribution is 5.76. The normalized spacial score (nSPS) is 24.5. The van der Waals surface area contributed by atoms with Gasteiger partial charge in [0.1, 0.15) is 0 Å². The summed E-state index contributed by atoms with van der Waals surface area (Å²) in [6.07, 6.45) is 11.8. The molecule has 0 aliphatic heterocycles. The standard InChI is InChI=1S/C16H30N2O/c1-2-15(9-6-10-15)13-18-14(19)11-16(12-17)7-4-3-5-8-16/h2-13,17H2,1H3,(H,18,19). The molecule has 0 bridgehead atoms. The summed E-state index contributed by atoms with van der Waals surface area (Å²) in [5.41, 5.74) is 6.47. The van der Waals surface area contributed by atoms with Crippen LogP contribution in [0.2, 0.25) is 0 Å². The van der Waals surface area contributed by atoms with Crippen LogP contribution in [0.1, 0.15) is 71.1 Å². The van der Waals surface area contributed by atoms with Crippen molar-refractivity contribution < 1.29 is 4.79 Å². The van der Waals surface area contributed by atoms with Gasteiger partial charge in [0.15, 0.2) is 0 Å². The van der Waals surface area contributed by atoms with Gasteiger partial charge < -0.3 is 11.1 Å². The molecule has 2 rings (SSSR count). The van der Waals surface area contributed by atoms with Crippen molar-refractivity contribution >= 4 is 5.91 Å². The van der Waals surface area contributed by atoms with E-state index in [1.54, 1.807) is 0 Å². The van der Waals surface area contributed by atoms with Crippen LogP contribution < -0.4 is 11.1 Å². The molecule has 2 saturated carbocycles. The lowest BCUT2D eigenvalue weighted by molar-refractivity contribution is -0.124. The Bertz CT molecular complexity index is 298. The van der Waals surface area contributed by atoms with E-state index in [4.69, 9.17) is 5.73 Å². The van der Waals surface area contributed by atoms with Crippen LogP contribution in [0.3, 0.4) is 0 Å². The van der Waals surface area contributed by atoms with Gasteiger partial charge in [-0.25, -0.2) is 0 Å². The topological polar surface area (TPSA) is 55.1 Å². The molecule has 19 heavy (non-hydrogen) atoms. The summed E-state index contributed by atoms with van der Waals surface area (Å²) < 4.78 is 0. The molecule has 3 N–H and O–H groups in total. The molecule has 0 atom stereocenters. The van der Waals surface area contributed by atoms with Crippen molar-refractivity contribution in [2.24, 2.45) is 16.6 Å². The summed E-state index contributed by atoms with van der Waals surface area (Å²) in [5, 5.41) is 3.19. The molecule has 0 radical (unpaired) electrons. The molecule has 110 valence electrons. The Kier molecular flexibility index (Phi) is 4.88. The Balaban J connectivity index is 1.79. The molecule has 3 nitrogen and oxygen atoms in total. The van der Waals surface area contributed by atoms with Crippen molar-refractivity contribution in [3.8, 4) is 0 Å². The maximum absolute atomic E-state index is 12.2. The van der Waals surface area contributed by atoms with E-state index in [9.17, 15) is 4.79 Å². The molecule has 1 amide bonds. The van der Waals surface area contributed by atoms with Gasteiger partial charge in [0.25, 0.3) is 0 Å². The predicted octanol–water partition coefficient (Wildman–Crippen LogP) is 2.98. The summed E-state index contributed by atoms with van der Waals surface area (Å²) in [7, 11) is 0. The van der Waals surface area contributed by atoms with Gasteiger partial charge in [-0.05, 0) is 49.5 Å².